The molecule has 1 aromatic rings. The molecule has 0 radical (unpaired) electrons. The Balaban J connectivity index is 1.40. The van der Waals surface area contributed by atoms with Crippen molar-refractivity contribution in [3.63, 3.8) is 0 Å². The summed E-state index contributed by atoms with van der Waals surface area (Å²) >= 11 is 0. The maximum atomic E-state index is 12.8. The lowest BCUT2D eigenvalue weighted by atomic mass is 9.80. The van der Waals surface area contributed by atoms with E-state index in [0.29, 0.717) is 24.4 Å². The predicted molar refractivity (Wildman–Crippen MR) is 131 cm³/mol. The average molecular weight is 474 g/mol. The summed E-state index contributed by atoms with van der Waals surface area (Å²) in [4.78, 5) is 26.7. The minimum Gasteiger partial charge on any atom is -0.443 e. The normalized spacial score (nSPS) is 23.8. The number of carbonyl (C=O) groups excluding carboxylic acids is 2. The Morgan fingerprint density at radius 2 is 1.47 bits per heavy atom. The molecule has 1 heterocycles. The molecule has 0 atom stereocenters. The fraction of sp³-hybridized carbons (Fsp3) is 0.815. The van der Waals surface area contributed by atoms with Crippen LogP contribution in [0, 0.1) is 5.92 Å². The van der Waals surface area contributed by atoms with Crippen LogP contribution >= 0.6 is 0 Å². The van der Waals surface area contributed by atoms with E-state index in [9.17, 15) is 9.59 Å². The van der Waals surface area contributed by atoms with E-state index in [4.69, 9.17) is 14.6 Å². The van der Waals surface area contributed by atoms with Crippen LogP contribution in [0.4, 0.5) is 9.59 Å². The molecule has 190 valence electrons. The molecule has 2 amide bonds. The number of ether oxygens (including phenoxy) is 2. The van der Waals surface area contributed by atoms with Crippen LogP contribution in [0.2, 0.25) is 0 Å². The van der Waals surface area contributed by atoms with Crippen molar-refractivity contribution in [2.45, 2.75) is 128 Å². The van der Waals surface area contributed by atoms with Gasteiger partial charge in [0.1, 0.15) is 11.2 Å². The van der Waals surface area contributed by atoms with Crippen LogP contribution < -0.4 is 0 Å². The van der Waals surface area contributed by atoms with Crippen LogP contribution in [0.5, 0.6) is 0 Å². The first-order valence-corrected chi connectivity index (χ1v) is 13.2. The van der Waals surface area contributed by atoms with E-state index in [0.717, 1.165) is 17.7 Å². The van der Waals surface area contributed by atoms with Gasteiger partial charge in [0.25, 0.3) is 0 Å². The van der Waals surface area contributed by atoms with Crippen LogP contribution in [0.1, 0.15) is 128 Å². The smallest absolute Gasteiger partial charge is 0.419 e. The maximum Gasteiger partial charge on any atom is 0.419 e. The Kier molecular flexibility index (Phi) is 7.03. The largest absolute Gasteiger partial charge is 0.443 e. The summed E-state index contributed by atoms with van der Waals surface area (Å²) in [5.74, 6) is 1.55. The third-order valence-electron chi connectivity index (χ3n) is 7.05. The van der Waals surface area contributed by atoms with Crippen molar-refractivity contribution in [1.82, 2.24) is 14.7 Å². The van der Waals surface area contributed by atoms with Gasteiger partial charge in [0.05, 0.1) is 11.7 Å². The fourth-order valence-electron chi connectivity index (χ4n) is 5.19. The molecule has 7 heteroatoms. The summed E-state index contributed by atoms with van der Waals surface area (Å²) in [7, 11) is 0. The Labute approximate surface area is 204 Å². The van der Waals surface area contributed by atoms with Gasteiger partial charge in [-0.1, -0.05) is 19.3 Å². The molecule has 3 saturated carbocycles. The lowest BCUT2D eigenvalue weighted by Gasteiger charge is -2.38. The molecule has 0 N–H and O–H groups in total. The van der Waals surface area contributed by atoms with Crippen molar-refractivity contribution < 1.29 is 19.1 Å². The topological polar surface area (TPSA) is 73.7 Å². The second-order valence-electron chi connectivity index (χ2n) is 12.6. The first-order valence-electron chi connectivity index (χ1n) is 13.2. The van der Waals surface area contributed by atoms with Gasteiger partial charge in [-0.15, -0.1) is 0 Å². The zero-order valence-electron chi connectivity index (χ0n) is 21.9. The minimum atomic E-state index is -0.677. The van der Waals surface area contributed by atoms with Crippen molar-refractivity contribution in [2.75, 3.05) is 6.54 Å². The van der Waals surface area contributed by atoms with E-state index in [2.05, 4.69) is 10.9 Å². The maximum absolute atomic E-state index is 12.8. The number of imide groups is 1. The molecule has 0 aromatic carbocycles. The standard InChI is InChI=1S/C27H43N3O4/c1-26(2,3)33-24(31)29(25(32)34-27(4,5)6)16-18-14-21(15-18)30-17-22(19-10-8-7-9-11-19)23(28-30)20-12-13-20/h17-21H,7-16H2,1-6H3. The first-order chi connectivity index (χ1) is 15.9. The molecule has 0 unspecified atom stereocenters. The van der Waals surface area contributed by atoms with Crippen LogP contribution in [0.25, 0.3) is 0 Å². The summed E-state index contributed by atoms with van der Waals surface area (Å²) in [5.41, 5.74) is 1.49. The highest BCUT2D eigenvalue weighted by Crippen LogP contribution is 2.47. The lowest BCUT2D eigenvalue weighted by molar-refractivity contribution is -0.00641. The highest BCUT2D eigenvalue weighted by atomic mass is 16.6. The SMILES string of the molecule is CC(C)(C)OC(=O)N(CC1CC(n2cc(C3CCCCC3)c(C3CC3)n2)C1)C(=O)OC(C)(C)C. The van der Waals surface area contributed by atoms with Crippen LogP contribution in [-0.4, -0.2) is 44.6 Å². The zero-order valence-corrected chi connectivity index (χ0v) is 21.9. The minimum absolute atomic E-state index is 0.219. The first kappa shape index (κ1) is 25.1. The number of nitrogens with zero attached hydrogens (tertiary/aromatic N) is 3. The van der Waals surface area contributed by atoms with E-state index < -0.39 is 23.4 Å². The van der Waals surface area contributed by atoms with Crippen molar-refractivity contribution in [3.8, 4) is 0 Å². The molecule has 0 bridgehead atoms. The third-order valence-corrected chi connectivity index (χ3v) is 7.05. The Bertz CT molecular complexity index is 851. The van der Waals surface area contributed by atoms with Gasteiger partial charge in [0.15, 0.2) is 0 Å². The summed E-state index contributed by atoms with van der Waals surface area (Å²) in [6.45, 7) is 11.1. The van der Waals surface area contributed by atoms with Crippen molar-refractivity contribution in [3.05, 3.63) is 17.5 Å². The van der Waals surface area contributed by atoms with E-state index in [1.165, 1.54) is 56.2 Å². The zero-order chi connectivity index (χ0) is 24.7. The molecular weight excluding hydrogens is 430 g/mol. The van der Waals surface area contributed by atoms with Crippen molar-refractivity contribution in [2.24, 2.45) is 5.92 Å². The van der Waals surface area contributed by atoms with E-state index >= 15 is 0 Å². The lowest BCUT2D eigenvalue weighted by Crippen LogP contribution is -2.47. The van der Waals surface area contributed by atoms with Crippen LogP contribution in [0.15, 0.2) is 6.20 Å². The van der Waals surface area contributed by atoms with E-state index in [-0.39, 0.29) is 5.92 Å². The Morgan fingerprint density at radius 3 is 1.97 bits per heavy atom. The van der Waals surface area contributed by atoms with Gasteiger partial charge in [0.2, 0.25) is 0 Å². The molecule has 1 aromatic heterocycles. The molecule has 0 saturated heterocycles. The second-order valence-corrected chi connectivity index (χ2v) is 12.6. The van der Waals surface area contributed by atoms with Gasteiger partial charge in [-0.25, -0.2) is 14.5 Å². The molecule has 7 nitrogen and oxygen atoms in total. The summed E-state index contributed by atoms with van der Waals surface area (Å²) < 4.78 is 13.2. The quantitative estimate of drug-likeness (QED) is 0.463. The number of aromatic nitrogens is 2. The number of hydrogen-bond donors (Lipinski definition) is 0. The summed E-state index contributed by atoms with van der Waals surface area (Å²) in [5, 5.41) is 5.07. The molecule has 0 spiro atoms. The van der Waals surface area contributed by atoms with Gasteiger partial charge in [-0.05, 0) is 97.5 Å². The van der Waals surface area contributed by atoms with Crippen molar-refractivity contribution in [1.29, 1.82) is 0 Å². The number of amides is 2. The summed E-state index contributed by atoms with van der Waals surface area (Å²) in [6.07, 6.45) is 12.0. The van der Waals surface area contributed by atoms with Crippen LogP contribution in [0.3, 0.4) is 0 Å². The van der Waals surface area contributed by atoms with Crippen LogP contribution in [-0.2, 0) is 9.47 Å². The monoisotopic (exact) mass is 473 g/mol. The van der Waals surface area contributed by atoms with Gasteiger partial charge < -0.3 is 9.47 Å². The molecule has 0 aliphatic heterocycles. The average Bonchev–Trinajstić information content (AvgIpc) is 3.44. The van der Waals surface area contributed by atoms with Gasteiger partial charge >= 0.3 is 12.2 Å². The molecule has 3 aliphatic carbocycles. The number of hydrogen-bond acceptors (Lipinski definition) is 5. The summed E-state index contributed by atoms with van der Waals surface area (Å²) in [6, 6.07) is 0.332. The molecule has 3 fully saturated rings. The Morgan fingerprint density at radius 1 is 0.912 bits per heavy atom. The highest BCUT2D eigenvalue weighted by molar-refractivity contribution is 5.88. The number of rotatable bonds is 5. The second kappa shape index (κ2) is 9.54. The van der Waals surface area contributed by atoms with Gasteiger partial charge in [-0.3, -0.25) is 4.68 Å². The predicted octanol–water partition coefficient (Wildman–Crippen LogP) is 6.93. The molecule has 4 rings (SSSR count). The Hall–Kier alpha value is -2.05. The van der Waals surface area contributed by atoms with Crippen molar-refractivity contribution >= 4 is 12.2 Å². The molecule has 34 heavy (non-hydrogen) atoms. The fourth-order valence-corrected chi connectivity index (χ4v) is 5.19. The van der Waals surface area contributed by atoms with Gasteiger partial charge in [-0.2, -0.15) is 5.10 Å². The number of carbonyl (C=O) groups is 2. The highest BCUT2D eigenvalue weighted by Gasteiger charge is 2.40. The molecular formula is C27H43N3O4. The molecule has 3 aliphatic rings. The third kappa shape index (κ3) is 6.33. The van der Waals surface area contributed by atoms with Gasteiger partial charge in [0, 0.05) is 18.7 Å². The van der Waals surface area contributed by atoms with E-state index in [1.807, 2.05) is 0 Å². The van der Waals surface area contributed by atoms with E-state index in [1.54, 1.807) is 41.5 Å².